The van der Waals surface area contributed by atoms with Gasteiger partial charge in [0, 0.05) is 0 Å². The van der Waals surface area contributed by atoms with Crippen LogP contribution in [-0.4, -0.2) is 27.1 Å². The van der Waals surface area contributed by atoms with Crippen molar-refractivity contribution in [2.75, 3.05) is 5.32 Å². The molecule has 15 heavy (non-hydrogen) atoms. The molecule has 0 radical (unpaired) electrons. The highest BCUT2D eigenvalue weighted by atomic mass is 16.2. The Morgan fingerprint density at radius 2 is 2.33 bits per heavy atom. The second-order valence-corrected chi connectivity index (χ2v) is 3.37. The molecule has 6 nitrogen and oxygen atoms in total. The number of aromatic nitrogens is 3. The maximum absolute atomic E-state index is 11.6. The maximum Gasteiger partial charge on any atom is 0.249 e. The first kappa shape index (κ1) is 11.5. The molecule has 1 unspecified atom stereocenters. The zero-order valence-corrected chi connectivity index (χ0v) is 8.84. The van der Waals surface area contributed by atoms with Gasteiger partial charge < -0.3 is 5.73 Å². The summed E-state index contributed by atoms with van der Waals surface area (Å²) in [6.45, 7) is 3.91. The third-order valence-electron chi connectivity index (χ3n) is 2.28. The van der Waals surface area contributed by atoms with Gasteiger partial charge in [0.25, 0.3) is 0 Å². The van der Waals surface area contributed by atoms with Gasteiger partial charge >= 0.3 is 0 Å². The number of hydrogen-bond acceptors (Lipinski definition) is 5. The van der Waals surface area contributed by atoms with Crippen LogP contribution in [0.4, 0.5) is 5.95 Å². The fourth-order valence-electron chi connectivity index (χ4n) is 1.01. The summed E-state index contributed by atoms with van der Waals surface area (Å²) in [5.74, 6) is 0.0280. The first-order valence-electron chi connectivity index (χ1n) is 4.85. The van der Waals surface area contributed by atoms with E-state index in [1.165, 1.54) is 12.4 Å². The van der Waals surface area contributed by atoms with Crippen molar-refractivity contribution in [3.8, 4) is 0 Å². The summed E-state index contributed by atoms with van der Waals surface area (Å²) < 4.78 is 0. The largest absolute Gasteiger partial charge is 0.320 e. The molecule has 0 bridgehead atoms. The molecule has 0 saturated heterocycles. The van der Waals surface area contributed by atoms with Gasteiger partial charge in [0.1, 0.15) is 0 Å². The predicted molar refractivity (Wildman–Crippen MR) is 55.9 cm³/mol. The van der Waals surface area contributed by atoms with Crippen LogP contribution >= 0.6 is 0 Å². The molecule has 0 saturated carbocycles. The molecule has 1 aromatic heterocycles. The van der Waals surface area contributed by atoms with Crippen LogP contribution in [-0.2, 0) is 4.79 Å². The van der Waals surface area contributed by atoms with Gasteiger partial charge in [-0.3, -0.25) is 10.1 Å². The van der Waals surface area contributed by atoms with Crippen LogP contribution in [0.3, 0.4) is 0 Å². The van der Waals surface area contributed by atoms with Crippen molar-refractivity contribution in [1.29, 1.82) is 0 Å². The summed E-state index contributed by atoms with van der Waals surface area (Å²) in [7, 11) is 0. The third kappa shape index (κ3) is 3.25. The third-order valence-corrected chi connectivity index (χ3v) is 2.28. The lowest BCUT2D eigenvalue weighted by molar-refractivity contribution is -0.118. The van der Waals surface area contributed by atoms with Crippen LogP contribution in [0.1, 0.15) is 20.3 Å². The van der Waals surface area contributed by atoms with E-state index in [0.717, 1.165) is 6.42 Å². The molecular weight excluding hydrogens is 194 g/mol. The van der Waals surface area contributed by atoms with E-state index < -0.39 is 6.04 Å². The average molecular weight is 209 g/mol. The average Bonchev–Trinajstić information content (AvgIpc) is 2.28. The Morgan fingerprint density at radius 1 is 1.60 bits per heavy atom. The highest BCUT2D eigenvalue weighted by molar-refractivity contribution is 5.93. The number of rotatable bonds is 4. The van der Waals surface area contributed by atoms with Gasteiger partial charge in [-0.05, 0) is 5.92 Å². The Balaban J connectivity index is 2.56. The van der Waals surface area contributed by atoms with E-state index in [9.17, 15) is 4.79 Å². The standard InChI is InChI=1S/C9H15N5O/c1-3-6(2)7(10)8(15)13-9-11-4-5-12-14-9/h4-7H,3,10H2,1-2H3,(H,11,13,14,15)/t6?,7-/m0/s1. The van der Waals surface area contributed by atoms with Crippen molar-refractivity contribution in [3.05, 3.63) is 12.4 Å². The Morgan fingerprint density at radius 3 is 2.87 bits per heavy atom. The Kier molecular flexibility index (Phi) is 4.11. The van der Waals surface area contributed by atoms with E-state index >= 15 is 0 Å². The minimum atomic E-state index is -0.543. The van der Waals surface area contributed by atoms with E-state index in [1.54, 1.807) is 0 Å². The van der Waals surface area contributed by atoms with Crippen molar-refractivity contribution in [1.82, 2.24) is 15.2 Å². The topological polar surface area (TPSA) is 93.8 Å². The molecule has 0 fully saturated rings. The van der Waals surface area contributed by atoms with Gasteiger partial charge in [-0.15, -0.1) is 5.10 Å². The second kappa shape index (κ2) is 5.35. The first-order valence-corrected chi connectivity index (χ1v) is 4.85. The summed E-state index contributed by atoms with van der Waals surface area (Å²) in [6, 6.07) is -0.543. The van der Waals surface area contributed by atoms with Crippen molar-refractivity contribution in [2.24, 2.45) is 11.7 Å². The van der Waals surface area contributed by atoms with Gasteiger partial charge in [0.2, 0.25) is 11.9 Å². The number of carbonyl (C=O) groups excluding carboxylic acids is 1. The zero-order chi connectivity index (χ0) is 11.3. The molecule has 1 rings (SSSR count). The fourth-order valence-corrected chi connectivity index (χ4v) is 1.01. The molecule has 0 aliphatic carbocycles. The summed E-state index contributed by atoms with van der Waals surface area (Å²) in [6.07, 6.45) is 3.74. The lowest BCUT2D eigenvalue weighted by Gasteiger charge is -2.16. The minimum absolute atomic E-state index is 0.127. The van der Waals surface area contributed by atoms with Gasteiger partial charge in [-0.2, -0.15) is 5.10 Å². The SMILES string of the molecule is CCC(C)[C@H](N)C(=O)Nc1nccnn1. The van der Waals surface area contributed by atoms with Crippen LogP contribution in [0.15, 0.2) is 12.4 Å². The number of nitrogens with two attached hydrogens (primary N) is 1. The molecule has 0 aliphatic heterocycles. The van der Waals surface area contributed by atoms with Crippen LogP contribution < -0.4 is 11.1 Å². The fraction of sp³-hybridized carbons (Fsp3) is 0.556. The van der Waals surface area contributed by atoms with Gasteiger partial charge in [0.05, 0.1) is 18.4 Å². The highest BCUT2D eigenvalue weighted by Gasteiger charge is 2.19. The molecule has 0 spiro atoms. The quantitative estimate of drug-likeness (QED) is 0.738. The summed E-state index contributed by atoms with van der Waals surface area (Å²) in [4.78, 5) is 15.4. The molecule has 82 valence electrons. The second-order valence-electron chi connectivity index (χ2n) is 3.37. The van der Waals surface area contributed by atoms with Crippen molar-refractivity contribution in [2.45, 2.75) is 26.3 Å². The molecule has 1 aromatic rings. The number of carbonyl (C=O) groups is 1. The Bertz CT molecular complexity index is 316. The maximum atomic E-state index is 11.6. The molecule has 0 aromatic carbocycles. The number of amides is 1. The van der Waals surface area contributed by atoms with Crippen LogP contribution in [0, 0.1) is 5.92 Å². The number of nitrogens with one attached hydrogen (secondary N) is 1. The van der Waals surface area contributed by atoms with Crippen molar-refractivity contribution >= 4 is 11.9 Å². The molecule has 0 aliphatic rings. The van der Waals surface area contributed by atoms with Crippen molar-refractivity contribution in [3.63, 3.8) is 0 Å². The van der Waals surface area contributed by atoms with Crippen LogP contribution in [0.25, 0.3) is 0 Å². The molecule has 6 heteroatoms. The summed E-state index contributed by atoms with van der Waals surface area (Å²) >= 11 is 0. The van der Waals surface area contributed by atoms with E-state index in [0.29, 0.717) is 0 Å². The Hall–Kier alpha value is -1.56. The minimum Gasteiger partial charge on any atom is -0.320 e. The summed E-state index contributed by atoms with van der Waals surface area (Å²) in [5, 5.41) is 9.74. The lowest BCUT2D eigenvalue weighted by Crippen LogP contribution is -2.41. The highest BCUT2D eigenvalue weighted by Crippen LogP contribution is 2.06. The number of nitrogens with zero attached hydrogens (tertiary/aromatic N) is 3. The van der Waals surface area contributed by atoms with Crippen LogP contribution in [0.2, 0.25) is 0 Å². The van der Waals surface area contributed by atoms with Crippen molar-refractivity contribution < 1.29 is 4.79 Å². The first-order chi connectivity index (χ1) is 7.15. The molecular formula is C9H15N5O. The van der Waals surface area contributed by atoms with E-state index in [2.05, 4.69) is 20.5 Å². The number of hydrogen-bond donors (Lipinski definition) is 2. The zero-order valence-electron chi connectivity index (χ0n) is 8.84. The van der Waals surface area contributed by atoms with Crippen LogP contribution in [0.5, 0.6) is 0 Å². The van der Waals surface area contributed by atoms with Gasteiger partial charge in [-0.25, -0.2) is 4.98 Å². The van der Waals surface area contributed by atoms with Gasteiger partial charge in [-0.1, -0.05) is 20.3 Å². The monoisotopic (exact) mass is 209 g/mol. The molecule has 1 heterocycles. The summed E-state index contributed by atoms with van der Waals surface area (Å²) in [5.41, 5.74) is 5.73. The lowest BCUT2D eigenvalue weighted by atomic mass is 10.00. The predicted octanol–water partition coefficient (Wildman–Crippen LogP) is 0.183. The Labute approximate surface area is 88.3 Å². The van der Waals surface area contributed by atoms with Gasteiger partial charge in [0.15, 0.2) is 0 Å². The van der Waals surface area contributed by atoms with E-state index in [1.807, 2.05) is 13.8 Å². The normalized spacial score (nSPS) is 14.3. The number of anilines is 1. The van der Waals surface area contributed by atoms with E-state index in [4.69, 9.17) is 5.73 Å². The smallest absolute Gasteiger partial charge is 0.249 e. The van der Waals surface area contributed by atoms with E-state index in [-0.39, 0.29) is 17.8 Å². The molecule has 3 N–H and O–H groups in total. The molecule has 2 atom stereocenters. The molecule has 1 amide bonds.